The summed E-state index contributed by atoms with van der Waals surface area (Å²) in [5.41, 5.74) is 2.79. The first-order chi connectivity index (χ1) is 12.8. The minimum atomic E-state index is -3.28. The number of carbonyl (C=O) groups is 1. The third kappa shape index (κ3) is 3.35. The van der Waals surface area contributed by atoms with Gasteiger partial charge in [-0.2, -0.15) is 5.10 Å². The number of sulfone groups is 1. The number of nitrogens with zero attached hydrogens (tertiary/aromatic N) is 2. The van der Waals surface area contributed by atoms with Gasteiger partial charge in [0.2, 0.25) is 0 Å². The van der Waals surface area contributed by atoms with Crippen LogP contribution in [0.15, 0.2) is 48.5 Å². The zero-order chi connectivity index (χ0) is 19.2. The van der Waals surface area contributed by atoms with Gasteiger partial charge in [-0.25, -0.2) is 17.5 Å². The van der Waals surface area contributed by atoms with Crippen molar-refractivity contribution in [2.24, 2.45) is 0 Å². The van der Waals surface area contributed by atoms with Crippen LogP contribution in [0.5, 0.6) is 0 Å². The van der Waals surface area contributed by atoms with E-state index in [-0.39, 0.29) is 17.4 Å². The van der Waals surface area contributed by atoms with E-state index in [0.29, 0.717) is 28.3 Å². The number of rotatable bonds is 3. The molecule has 0 unspecified atom stereocenters. The number of fused-ring (bicyclic) bond motifs is 1. The standard InChI is InChI=1S/C19H16FN3O3S/c1-12-3-2-4-13(9-12)19(24)21-18-16-10-27(25,26)11-17(16)22-23(18)15-7-5-14(20)6-8-15/h2-9H,10-11H2,1H3,(H,21,24). The van der Waals surface area contributed by atoms with E-state index in [2.05, 4.69) is 10.4 Å². The zero-order valence-electron chi connectivity index (χ0n) is 14.4. The molecule has 4 rings (SSSR count). The van der Waals surface area contributed by atoms with Crippen molar-refractivity contribution >= 4 is 21.6 Å². The van der Waals surface area contributed by atoms with Gasteiger partial charge >= 0.3 is 0 Å². The molecule has 2 aromatic carbocycles. The largest absolute Gasteiger partial charge is 0.306 e. The molecule has 0 bridgehead atoms. The lowest BCUT2D eigenvalue weighted by Gasteiger charge is -2.11. The Balaban J connectivity index is 1.78. The van der Waals surface area contributed by atoms with Gasteiger partial charge < -0.3 is 5.32 Å². The highest BCUT2D eigenvalue weighted by atomic mass is 32.2. The predicted molar refractivity (Wildman–Crippen MR) is 99.0 cm³/mol. The molecule has 0 saturated heterocycles. The van der Waals surface area contributed by atoms with Crippen LogP contribution >= 0.6 is 0 Å². The number of aromatic nitrogens is 2. The summed E-state index contributed by atoms with van der Waals surface area (Å²) < 4.78 is 38.7. The number of anilines is 1. The molecule has 3 aromatic rings. The van der Waals surface area contributed by atoms with E-state index in [1.807, 2.05) is 13.0 Å². The fourth-order valence-electron chi connectivity index (χ4n) is 3.11. The minimum absolute atomic E-state index is 0.177. The average Bonchev–Trinajstić information content (AvgIpc) is 3.08. The minimum Gasteiger partial charge on any atom is -0.306 e. The number of halogens is 1. The quantitative estimate of drug-likeness (QED) is 0.752. The van der Waals surface area contributed by atoms with Crippen LogP contribution in [0.4, 0.5) is 10.2 Å². The van der Waals surface area contributed by atoms with Gasteiger partial charge in [-0.15, -0.1) is 0 Å². The van der Waals surface area contributed by atoms with E-state index in [1.165, 1.54) is 28.9 Å². The maximum absolute atomic E-state index is 13.3. The molecule has 0 spiro atoms. The summed E-state index contributed by atoms with van der Waals surface area (Å²) >= 11 is 0. The van der Waals surface area contributed by atoms with Crippen molar-refractivity contribution in [3.05, 3.63) is 76.7 Å². The van der Waals surface area contributed by atoms with Gasteiger partial charge in [0.05, 0.1) is 22.9 Å². The number of hydrogen-bond donors (Lipinski definition) is 1. The van der Waals surface area contributed by atoms with Crippen LogP contribution in [0.2, 0.25) is 0 Å². The Kier molecular flexibility index (Phi) is 4.07. The molecule has 138 valence electrons. The first kappa shape index (κ1) is 17.4. The summed E-state index contributed by atoms with van der Waals surface area (Å²) in [6.07, 6.45) is 0. The monoisotopic (exact) mass is 385 g/mol. The van der Waals surface area contributed by atoms with Crippen molar-refractivity contribution in [1.29, 1.82) is 0 Å². The Hall–Kier alpha value is -3.00. The highest BCUT2D eigenvalue weighted by Crippen LogP contribution is 2.33. The second-order valence-corrected chi connectivity index (χ2v) is 8.58. The number of aryl methyl sites for hydroxylation is 1. The fourth-order valence-corrected chi connectivity index (χ4v) is 4.60. The number of amides is 1. The third-order valence-electron chi connectivity index (χ3n) is 4.37. The maximum atomic E-state index is 13.3. The third-order valence-corrected chi connectivity index (χ3v) is 5.81. The Morgan fingerprint density at radius 3 is 2.59 bits per heavy atom. The van der Waals surface area contributed by atoms with Gasteiger partial charge in [-0.05, 0) is 43.3 Å². The van der Waals surface area contributed by atoms with Gasteiger partial charge in [0.25, 0.3) is 5.91 Å². The molecule has 27 heavy (non-hydrogen) atoms. The lowest BCUT2D eigenvalue weighted by Crippen LogP contribution is -2.17. The Bertz CT molecular complexity index is 1150. The molecule has 1 aromatic heterocycles. The molecule has 1 aliphatic rings. The average molecular weight is 385 g/mol. The second-order valence-electron chi connectivity index (χ2n) is 6.52. The van der Waals surface area contributed by atoms with E-state index in [9.17, 15) is 17.6 Å². The Morgan fingerprint density at radius 2 is 1.89 bits per heavy atom. The van der Waals surface area contributed by atoms with Crippen molar-refractivity contribution in [3.63, 3.8) is 0 Å². The number of hydrogen-bond acceptors (Lipinski definition) is 4. The molecule has 1 amide bonds. The lowest BCUT2D eigenvalue weighted by atomic mass is 10.1. The molecule has 0 radical (unpaired) electrons. The van der Waals surface area contributed by atoms with Crippen LogP contribution in [0.25, 0.3) is 5.69 Å². The molecule has 0 aliphatic carbocycles. The van der Waals surface area contributed by atoms with Gasteiger partial charge in [0.1, 0.15) is 11.6 Å². The SMILES string of the molecule is Cc1cccc(C(=O)Nc2c3c(nn2-c2ccc(F)cc2)CS(=O)(=O)C3)c1. The maximum Gasteiger partial charge on any atom is 0.256 e. The molecular formula is C19H16FN3O3S. The summed E-state index contributed by atoms with van der Waals surface area (Å²) in [5.74, 6) is -0.832. The normalized spacial score (nSPS) is 14.7. The molecule has 8 heteroatoms. The molecule has 0 atom stereocenters. The van der Waals surface area contributed by atoms with Crippen molar-refractivity contribution in [3.8, 4) is 5.69 Å². The van der Waals surface area contributed by atoms with Crippen molar-refractivity contribution in [2.45, 2.75) is 18.4 Å². The molecule has 0 fully saturated rings. The molecule has 2 heterocycles. The molecule has 1 aliphatic heterocycles. The van der Waals surface area contributed by atoms with E-state index in [0.717, 1.165) is 5.56 Å². The summed E-state index contributed by atoms with van der Waals surface area (Å²) in [7, 11) is -3.28. The van der Waals surface area contributed by atoms with E-state index < -0.39 is 15.7 Å². The van der Waals surface area contributed by atoms with Gasteiger partial charge in [0.15, 0.2) is 9.84 Å². The molecular weight excluding hydrogens is 369 g/mol. The van der Waals surface area contributed by atoms with Crippen LogP contribution in [0.3, 0.4) is 0 Å². The highest BCUT2D eigenvalue weighted by molar-refractivity contribution is 7.90. The smallest absolute Gasteiger partial charge is 0.256 e. The fraction of sp³-hybridized carbons (Fsp3) is 0.158. The Morgan fingerprint density at radius 1 is 1.15 bits per heavy atom. The highest BCUT2D eigenvalue weighted by Gasteiger charge is 2.33. The number of benzene rings is 2. The van der Waals surface area contributed by atoms with E-state index in [4.69, 9.17) is 0 Å². The summed E-state index contributed by atoms with van der Waals surface area (Å²) in [6, 6.07) is 12.7. The van der Waals surface area contributed by atoms with Gasteiger partial charge in [-0.3, -0.25) is 4.79 Å². The first-order valence-electron chi connectivity index (χ1n) is 8.27. The molecule has 6 nitrogen and oxygen atoms in total. The van der Waals surface area contributed by atoms with Crippen LogP contribution in [-0.4, -0.2) is 24.1 Å². The second kappa shape index (κ2) is 6.31. The summed E-state index contributed by atoms with van der Waals surface area (Å²) in [4.78, 5) is 12.7. The summed E-state index contributed by atoms with van der Waals surface area (Å²) in [5, 5.41) is 7.14. The van der Waals surface area contributed by atoms with Crippen molar-refractivity contribution < 1.29 is 17.6 Å². The van der Waals surface area contributed by atoms with Crippen LogP contribution in [0, 0.1) is 12.7 Å². The summed E-state index contributed by atoms with van der Waals surface area (Å²) in [6.45, 7) is 1.88. The number of carbonyl (C=O) groups excluding carboxylic acids is 1. The topological polar surface area (TPSA) is 81.1 Å². The molecule has 1 N–H and O–H groups in total. The first-order valence-corrected chi connectivity index (χ1v) is 10.1. The van der Waals surface area contributed by atoms with Gasteiger partial charge in [0, 0.05) is 11.1 Å². The Labute approximate surface area is 155 Å². The van der Waals surface area contributed by atoms with E-state index in [1.54, 1.807) is 18.2 Å². The lowest BCUT2D eigenvalue weighted by molar-refractivity contribution is 0.102. The van der Waals surface area contributed by atoms with Crippen LogP contribution < -0.4 is 5.32 Å². The van der Waals surface area contributed by atoms with Crippen molar-refractivity contribution in [1.82, 2.24) is 9.78 Å². The number of nitrogens with one attached hydrogen (secondary N) is 1. The van der Waals surface area contributed by atoms with Crippen LogP contribution in [-0.2, 0) is 21.3 Å². The van der Waals surface area contributed by atoms with Crippen molar-refractivity contribution in [2.75, 3.05) is 5.32 Å². The van der Waals surface area contributed by atoms with Crippen LogP contribution in [0.1, 0.15) is 27.2 Å². The van der Waals surface area contributed by atoms with Gasteiger partial charge in [-0.1, -0.05) is 17.7 Å². The van der Waals surface area contributed by atoms with E-state index >= 15 is 0 Å². The zero-order valence-corrected chi connectivity index (χ0v) is 15.3. The molecule has 0 saturated carbocycles. The predicted octanol–water partition coefficient (Wildman–Crippen LogP) is 3.00.